The van der Waals surface area contributed by atoms with Crippen molar-refractivity contribution in [2.45, 2.75) is 25.8 Å². The summed E-state index contributed by atoms with van der Waals surface area (Å²) in [6.07, 6.45) is 0.108. The van der Waals surface area contributed by atoms with E-state index in [2.05, 4.69) is 5.32 Å². The van der Waals surface area contributed by atoms with E-state index in [-0.39, 0.29) is 18.2 Å². The third-order valence-corrected chi connectivity index (χ3v) is 5.72. The number of carbonyl (C=O) groups excluding carboxylic acids is 2. The van der Waals surface area contributed by atoms with Crippen LogP contribution in [-0.4, -0.2) is 11.8 Å². The Hall–Kier alpha value is -3.11. The van der Waals surface area contributed by atoms with Gasteiger partial charge in [-0.05, 0) is 54.8 Å². The van der Waals surface area contributed by atoms with E-state index in [0.717, 1.165) is 22.4 Å². The summed E-state index contributed by atoms with van der Waals surface area (Å²) in [6, 6.07) is 22.3. The highest BCUT2D eigenvalue weighted by atomic mass is 35.5. The van der Waals surface area contributed by atoms with Gasteiger partial charge in [0.15, 0.2) is 5.54 Å². The molecule has 4 nitrogen and oxygen atoms in total. The Morgan fingerprint density at radius 2 is 1.55 bits per heavy atom. The van der Waals surface area contributed by atoms with Crippen LogP contribution in [0, 0.1) is 13.8 Å². The van der Waals surface area contributed by atoms with Gasteiger partial charge >= 0.3 is 0 Å². The van der Waals surface area contributed by atoms with Crippen molar-refractivity contribution in [1.29, 1.82) is 0 Å². The Balaban J connectivity index is 1.81. The van der Waals surface area contributed by atoms with Gasteiger partial charge in [-0.2, -0.15) is 0 Å². The summed E-state index contributed by atoms with van der Waals surface area (Å²) in [5.41, 5.74) is 3.05. The van der Waals surface area contributed by atoms with Crippen molar-refractivity contribution in [3.8, 4) is 0 Å². The molecule has 0 radical (unpaired) electrons. The Morgan fingerprint density at radius 1 is 0.931 bits per heavy atom. The summed E-state index contributed by atoms with van der Waals surface area (Å²) in [7, 11) is 0. The van der Waals surface area contributed by atoms with Crippen LogP contribution in [0.3, 0.4) is 0 Å². The lowest BCUT2D eigenvalue weighted by Gasteiger charge is -2.50. The van der Waals surface area contributed by atoms with Crippen LogP contribution in [-0.2, 0) is 15.1 Å². The van der Waals surface area contributed by atoms with Crippen LogP contribution in [0.4, 0.5) is 11.4 Å². The van der Waals surface area contributed by atoms with E-state index in [0.29, 0.717) is 10.7 Å². The molecule has 29 heavy (non-hydrogen) atoms. The largest absolute Gasteiger partial charge is 0.323 e. The molecule has 5 heteroatoms. The van der Waals surface area contributed by atoms with Crippen molar-refractivity contribution in [3.05, 3.63) is 94.5 Å². The lowest BCUT2D eigenvalue weighted by molar-refractivity contribution is -0.137. The van der Waals surface area contributed by atoms with Gasteiger partial charge in [0.1, 0.15) is 0 Å². The first-order valence-corrected chi connectivity index (χ1v) is 9.83. The van der Waals surface area contributed by atoms with Crippen LogP contribution in [0.25, 0.3) is 0 Å². The SMILES string of the molecule is Cc1cccc(C)c1NC(=O)[C@@]1(c2ccccc2)CC(=O)N1c1ccc(Cl)cc1. The van der Waals surface area contributed by atoms with Gasteiger partial charge in [0.2, 0.25) is 5.91 Å². The van der Waals surface area contributed by atoms with E-state index in [1.54, 1.807) is 29.2 Å². The van der Waals surface area contributed by atoms with Crippen molar-refractivity contribution >= 4 is 34.8 Å². The number of hydrogen-bond acceptors (Lipinski definition) is 2. The maximum Gasteiger partial charge on any atom is 0.255 e. The monoisotopic (exact) mass is 404 g/mol. The van der Waals surface area contributed by atoms with Gasteiger partial charge in [-0.15, -0.1) is 0 Å². The highest BCUT2D eigenvalue weighted by Gasteiger charge is 2.58. The van der Waals surface area contributed by atoms with Crippen molar-refractivity contribution in [2.75, 3.05) is 10.2 Å². The second-order valence-corrected chi connectivity index (χ2v) is 7.77. The molecule has 0 unspecified atom stereocenters. The lowest BCUT2D eigenvalue weighted by Crippen LogP contribution is -2.67. The number of nitrogens with zero attached hydrogens (tertiary/aromatic N) is 1. The molecule has 1 heterocycles. The van der Waals surface area contributed by atoms with Gasteiger partial charge in [-0.3, -0.25) is 14.5 Å². The first-order chi connectivity index (χ1) is 13.9. The van der Waals surface area contributed by atoms with Crippen molar-refractivity contribution in [2.24, 2.45) is 0 Å². The first-order valence-electron chi connectivity index (χ1n) is 9.45. The number of amides is 2. The van der Waals surface area contributed by atoms with Gasteiger partial charge in [0, 0.05) is 16.4 Å². The van der Waals surface area contributed by atoms with Crippen molar-refractivity contribution in [3.63, 3.8) is 0 Å². The van der Waals surface area contributed by atoms with Crippen LogP contribution in [0.15, 0.2) is 72.8 Å². The Bertz CT molecular complexity index is 1060. The summed E-state index contributed by atoms with van der Waals surface area (Å²) in [5, 5.41) is 3.67. The van der Waals surface area contributed by atoms with E-state index >= 15 is 0 Å². The van der Waals surface area contributed by atoms with E-state index in [1.807, 2.05) is 62.4 Å². The van der Waals surface area contributed by atoms with Crippen LogP contribution in [0.5, 0.6) is 0 Å². The maximum atomic E-state index is 13.7. The third kappa shape index (κ3) is 3.19. The molecule has 0 aromatic heterocycles. The quantitative estimate of drug-likeness (QED) is 0.605. The molecule has 3 aromatic carbocycles. The number of hydrogen-bond donors (Lipinski definition) is 1. The average molecular weight is 405 g/mol. The maximum absolute atomic E-state index is 13.7. The summed E-state index contributed by atoms with van der Waals surface area (Å²) >= 11 is 6.02. The minimum Gasteiger partial charge on any atom is -0.323 e. The average Bonchev–Trinajstić information content (AvgIpc) is 2.71. The fourth-order valence-electron chi connectivity index (χ4n) is 3.94. The van der Waals surface area contributed by atoms with E-state index in [1.165, 1.54) is 0 Å². The predicted octanol–water partition coefficient (Wildman–Crippen LogP) is 5.23. The number of anilines is 2. The standard InChI is InChI=1S/C24H21ClN2O2/c1-16-7-6-8-17(2)22(16)26-23(29)24(18-9-4-3-5-10-18)15-21(28)27(24)20-13-11-19(25)12-14-20/h3-14H,15H2,1-2H3,(H,26,29)/t24-/m0/s1. The number of carbonyl (C=O) groups is 2. The number of nitrogens with one attached hydrogen (secondary N) is 1. The molecular formula is C24H21ClN2O2. The van der Waals surface area contributed by atoms with Crippen LogP contribution >= 0.6 is 11.6 Å². The number of aryl methyl sites for hydroxylation is 2. The van der Waals surface area contributed by atoms with Gasteiger partial charge < -0.3 is 5.32 Å². The molecule has 0 saturated carbocycles. The van der Waals surface area contributed by atoms with Crippen LogP contribution < -0.4 is 10.2 Å². The molecule has 0 aliphatic carbocycles. The summed E-state index contributed by atoms with van der Waals surface area (Å²) in [5.74, 6) is -0.330. The zero-order valence-electron chi connectivity index (χ0n) is 16.3. The number of halogens is 1. The van der Waals surface area contributed by atoms with E-state index in [4.69, 9.17) is 11.6 Å². The highest BCUT2D eigenvalue weighted by Crippen LogP contribution is 2.46. The molecular weight excluding hydrogens is 384 g/mol. The fourth-order valence-corrected chi connectivity index (χ4v) is 4.07. The number of β-lactam (4-membered cyclic amide) rings is 1. The second-order valence-electron chi connectivity index (χ2n) is 7.33. The Morgan fingerprint density at radius 3 is 2.14 bits per heavy atom. The number of benzene rings is 3. The fraction of sp³-hybridized carbons (Fsp3) is 0.167. The third-order valence-electron chi connectivity index (χ3n) is 5.47. The summed E-state index contributed by atoms with van der Waals surface area (Å²) in [6.45, 7) is 3.92. The van der Waals surface area contributed by atoms with Crippen LogP contribution in [0.2, 0.25) is 5.02 Å². The lowest BCUT2D eigenvalue weighted by atomic mass is 9.76. The molecule has 146 valence electrons. The predicted molar refractivity (Wildman–Crippen MR) is 116 cm³/mol. The van der Waals surface area contributed by atoms with Gasteiger partial charge in [0.25, 0.3) is 5.91 Å². The molecule has 0 bridgehead atoms. The molecule has 1 atom stereocenters. The molecule has 0 spiro atoms. The molecule has 1 aliphatic heterocycles. The minimum absolute atomic E-state index is 0.104. The first kappa shape index (κ1) is 19.2. The zero-order chi connectivity index (χ0) is 20.6. The molecule has 4 rings (SSSR count). The Kier molecular flexibility index (Phi) is 4.89. The van der Waals surface area contributed by atoms with E-state index in [9.17, 15) is 9.59 Å². The van der Waals surface area contributed by atoms with Gasteiger partial charge in [-0.1, -0.05) is 60.1 Å². The normalized spacial score (nSPS) is 18.3. The molecule has 2 amide bonds. The molecule has 1 aliphatic rings. The molecule has 3 aromatic rings. The molecule has 1 N–H and O–H groups in total. The van der Waals surface area contributed by atoms with E-state index < -0.39 is 5.54 Å². The molecule has 1 saturated heterocycles. The topological polar surface area (TPSA) is 49.4 Å². The van der Waals surface area contributed by atoms with Crippen LogP contribution in [0.1, 0.15) is 23.1 Å². The zero-order valence-corrected chi connectivity index (χ0v) is 17.0. The van der Waals surface area contributed by atoms with Gasteiger partial charge in [-0.25, -0.2) is 0 Å². The smallest absolute Gasteiger partial charge is 0.255 e. The van der Waals surface area contributed by atoms with Crippen molar-refractivity contribution in [1.82, 2.24) is 0 Å². The number of para-hydroxylation sites is 1. The highest BCUT2D eigenvalue weighted by molar-refractivity contribution is 6.30. The second kappa shape index (κ2) is 7.37. The summed E-state index contributed by atoms with van der Waals surface area (Å²) in [4.78, 5) is 28.0. The number of rotatable bonds is 4. The Labute approximate surface area is 175 Å². The van der Waals surface area contributed by atoms with Crippen molar-refractivity contribution < 1.29 is 9.59 Å². The van der Waals surface area contributed by atoms with Gasteiger partial charge in [0.05, 0.1) is 6.42 Å². The summed E-state index contributed by atoms with van der Waals surface area (Å²) < 4.78 is 0. The minimum atomic E-state index is -1.11. The molecule has 1 fully saturated rings.